The Labute approximate surface area is 165 Å². The summed E-state index contributed by atoms with van der Waals surface area (Å²) < 4.78 is 5.49. The minimum atomic E-state index is -0.549. The van der Waals surface area contributed by atoms with E-state index in [1.807, 2.05) is 0 Å². The van der Waals surface area contributed by atoms with Crippen LogP contribution in [-0.4, -0.2) is 41.6 Å². The average Bonchev–Trinajstić information content (AvgIpc) is 2.68. The number of primary amides is 1. The van der Waals surface area contributed by atoms with Crippen molar-refractivity contribution < 1.29 is 9.53 Å². The number of aromatic nitrogens is 1. The summed E-state index contributed by atoms with van der Waals surface area (Å²) in [4.78, 5) is 18.8. The summed E-state index contributed by atoms with van der Waals surface area (Å²) in [6, 6.07) is 17.0. The van der Waals surface area contributed by atoms with Gasteiger partial charge in [-0.15, -0.1) is 0 Å². The molecule has 1 aromatic heterocycles. The first-order valence-electron chi connectivity index (χ1n) is 9.60. The lowest BCUT2D eigenvalue weighted by atomic mass is 10.0. The van der Waals surface area contributed by atoms with Gasteiger partial charge in [0, 0.05) is 30.6 Å². The van der Waals surface area contributed by atoms with Gasteiger partial charge in [0.25, 0.3) is 0 Å². The predicted molar refractivity (Wildman–Crippen MR) is 111 cm³/mol. The number of nitrogens with zero attached hydrogens (tertiary/aromatic N) is 2. The summed E-state index contributed by atoms with van der Waals surface area (Å²) in [6.07, 6.45) is -0.549. The topological polar surface area (TPSA) is 68.5 Å². The highest BCUT2D eigenvalue weighted by Gasteiger charge is 2.25. The quantitative estimate of drug-likeness (QED) is 0.760. The van der Waals surface area contributed by atoms with Crippen molar-refractivity contribution in [3.63, 3.8) is 0 Å². The Morgan fingerprint density at radius 1 is 1.18 bits per heavy atom. The molecule has 1 amide bonds. The molecule has 0 spiro atoms. The molecule has 1 aliphatic heterocycles. The van der Waals surface area contributed by atoms with Gasteiger partial charge in [0.1, 0.15) is 6.10 Å². The molecular formula is C23H25N3O2. The van der Waals surface area contributed by atoms with E-state index < -0.39 is 12.0 Å². The lowest BCUT2D eigenvalue weighted by Gasteiger charge is -2.31. The molecule has 1 aliphatic rings. The van der Waals surface area contributed by atoms with Crippen LogP contribution in [0.15, 0.2) is 48.5 Å². The third-order valence-corrected chi connectivity index (χ3v) is 5.21. The number of amides is 1. The number of nitrogens with two attached hydrogens (primary N) is 1. The Kier molecular flexibility index (Phi) is 5.11. The highest BCUT2D eigenvalue weighted by atomic mass is 16.5. The van der Waals surface area contributed by atoms with Gasteiger partial charge in [0.05, 0.1) is 17.8 Å². The van der Waals surface area contributed by atoms with Gasteiger partial charge in [-0.1, -0.05) is 35.9 Å². The van der Waals surface area contributed by atoms with Crippen LogP contribution in [-0.2, 0) is 16.1 Å². The molecule has 1 fully saturated rings. The van der Waals surface area contributed by atoms with E-state index in [1.54, 1.807) is 0 Å². The van der Waals surface area contributed by atoms with Crippen LogP contribution in [0.3, 0.4) is 0 Å². The standard InChI is InChI=1S/C23H25N3O2/c1-15-4-3-5-18(10-15)22-19(12-17-7-6-16(2)11-20(17)25-22)13-26-8-9-28-21(14-26)23(24)27/h3-7,10-12,21H,8-9,13-14H2,1-2H3,(H2,24,27). The van der Waals surface area contributed by atoms with E-state index in [0.717, 1.165) is 34.3 Å². The smallest absolute Gasteiger partial charge is 0.247 e. The molecular weight excluding hydrogens is 350 g/mol. The van der Waals surface area contributed by atoms with Crippen molar-refractivity contribution in [2.45, 2.75) is 26.5 Å². The minimum absolute atomic E-state index is 0.407. The van der Waals surface area contributed by atoms with Crippen LogP contribution in [0.4, 0.5) is 0 Å². The van der Waals surface area contributed by atoms with Crippen molar-refractivity contribution in [1.82, 2.24) is 9.88 Å². The van der Waals surface area contributed by atoms with Crippen molar-refractivity contribution in [2.24, 2.45) is 5.73 Å². The van der Waals surface area contributed by atoms with Gasteiger partial charge in [0.15, 0.2) is 0 Å². The first-order chi connectivity index (χ1) is 13.5. The molecule has 2 heterocycles. The molecule has 2 N–H and O–H groups in total. The zero-order valence-corrected chi connectivity index (χ0v) is 16.3. The number of ether oxygens (including phenoxy) is 1. The van der Waals surface area contributed by atoms with E-state index in [9.17, 15) is 4.79 Å². The fourth-order valence-corrected chi connectivity index (χ4v) is 3.74. The molecule has 0 saturated carbocycles. The monoisotopic (exact) mass is 375 g/mol. The fourth-order valence-electron chi connectivity index (χ4n) is 3.74. The maximum Gasteiger partial charge on any atom is 0.247 e. The van der Waals surface area contributed by atoms with Gasteiger partial charge in [-0.25, -0.2) is 4.98 Å². The molecule has 144 valence electrons. The van der Waals surface area contributed by atoms with E-state index in [0.29, 0.717) is 19.7 Å². The summed E-state index contributed by atoms with van der Waals surface area (Å²) in [5, 5.41) is 1.12. The summed E-state index contributed by atoms with van der Waals surface area (Å²) >= 11 is 0. The number of carbonyl (C=O) groups is 1. The highest BCUT2D eigenvalue weighted by Crippen LogP contribution is 2.28. The van der Waals surface area contributed by atoms with Crippen LogP contribution in [0.2, 0.25) is 0 Å². The lowest BCUT2D eigenvalue weighted by Crippen LogP contribution is -2.47. The number of hydrogen-bond donors (Lipinski definition) is 1. The van der Waals surface area contributed by atoms with Crippen molar-refractivity contribution in [3.8, 4) is 11.3 Å². The minimum Gasteiger partial charge on any atom is -0.367 e. The van der Waals surface area contributed by atoms with E-state index in [2.05, 4.69) is 67.3 Å². The first kappa shape index (κ1) is 18.6. The van der Waals surface area contributed by atoms with Crippen molar-refractivity contribution >= 4 is 16.8 Å². The van der Waals surface area contributed by atoms with Gasteiger partial charge in [-0.2, -0.15) is 0 Å². The summed E-state index contributed by atoms with van der Waals surface area (Å²) in [7, 11) is 0. The van der Waals surface area contributed by atoms with Gasteiger partial charge in [-0.05, 0) is 43.2 Å². The average molecular weight is 375 g/mol. The highest BCUT2D eigenvalue weighted by molar-refractivity contribution is 5.84. The Bertz CT molecular complexity index is 1030. The number of carbonyl (C=O) groups excluding carboxylic acids is 1. The number of benzene rings is 2. The number of hydrogen-bond acceptors (Lipinski definition) is 4. The Hall–Kier alpha value is -2.76. The van der Waals surface area contributed by atoms with Crippen LogP contribution < -0.4 is 5.73 Å². The number of fused-ring (bicyclic) bond motifs is 1. The number of pyridine rings is 1. The SMILES string of the molecule is Cc1cccc(-c2nc3cc(C)ccc3cc2CN2CCOC(C(N)=O)C2)c1. The van der Waals surface area contributed by atoms with Crippen LogP contribution in [0, 0.1) is 13.8 Å². The van der Waals surface area contributed by atoms with Crippen LogP contribution >= 0.6 is 0 Å². The molecule has 0 radical (unpaired) electrons. The first-order valence-corrected chi connectivity index (χ1v) is 9.60. The Morgan fingerprint density at radius 2 is 2.00 bits per heavy atom. The molecule has 1 atom stereocenters. The molecule has 1 unspecified atom stereocenters. The second-order valence-corrected chi connectivity index (χ2v) is 7.56. The predicted octanol–water partition coefficient (Wildman–Crippen LogP) is 3.20. The van der Waals surface area contributed by atoms with Gasteiger partial charge in [0.2, 0.25) is 5.91 Å². The second kappa shape index (κ2) is 7.70. The fraction of sp³-hybridized carbons (Fsp3) is 0.304. The third-order valence-electron chi connectivity index (χ3n) is 5.21. The largest absolute Gasteiger partial charge is 0.367 e. The van der Waals surface area contributed by atoms with E-state index in [-0.39, 0.29) is 0 Å². The summed E-state index contributed by atoms with van der Waals surface area (Å²) in [6.45, 7) is 6.66. The Balaban J connectivity index is 1.76. The number of rotatable bonds is 4. The van der Waals surface area contributed by atoms with E-state index in [4.69, 9.17) is 15.5 Å². The zero-order valence-electron chi connectivity index (χ0n) is 16.3. The molecule has 3 aromatic rings. The Morgan fingerprint density at radius 3 is 2.79 bits per heavy atom. The maximum absolute atomic E-state index is 11.5. The van der Waals surface area contributed by atoms with Crippen LogP contribution in [0.5, 0.6) is 0 Å². The number of morpholine rings is 1. The molecule has 0 aliphatic carbocycles. The third kappa shape index (κ3) is 3.91. The molecule has 5 nitrogen and oxygen atoms in total. The van der Waals surface area contributed by atoms with Crippen molar-refractivity contribution in [1.29, 1.82) is 0 Å². The van der Waals surface area contributed by atoms with E-state index >= 15 is 0 Å². The van der Waals surface area contributed by atoms with Crippen LogP contribution in [0.1, 0.15) is 16.7 Å². The van der Waals surface area contributed by atoms with E-state index in [1.165, 1.54) is 11.1 Å². The summed E-state index contributed by atoms with van der Waals surface area (Å²) in [5.74, 6) is -0.407. The maximum atomic E-state index is 11.5. The molecule has 28 heavy (non-hydrogen) atoms. The van der Waals surface area contributed by atoms with Crippen molar-refractivity contribution in [3.05, 3.63) is 65.2 Å². The van der Waals surface area contributed by atoms with Gasteiger partial charge >= 0.3 is 0 Å². The summed E-state index contributed by atoms with van der Waals surface area (Å²) in [5.41, 5.74) is 12.1. The van der Waals surface area contributed by atoms with Crippen LogP contribution in [0.25, 0.3) is 22.2 Å². The van der Waals surface area contributed by atoms with Gasteiger partial charge < -0.3 is 10.5 Å². The molecule has 0 bridgehead atoms. The van der Waals surface area contributed by atoms with Gasteiger partial charge in [-0.3, -0.25) is 9.69 Å². The zero-order chi connectivity index (χ0) is 19.7. The molecule has 4 rings (SSSR count). The molecule has 1 saturated heterocycles. The lowest BCUT2D eigenvalue weighted by molar-refractivity contribution is -0.135. The normalized spacial score (nSPS) is 17.7. The molecule has 2 aromatic carbocycles. The van der Waals surface area contributed by atoms with Crippen molar-refractivity contribution in [2.75, 3.05) is 19.7 Å². The second-order valence-electron chi connectivity index (χ2n) is 7.56. The number of aryl methyl sites for hydroxylation is 2. The molecule has 5 heteroatoms.